The number of amides is 1. The first kappa shape index (κ1) is 16.6. The van der Waals surface area contributed by atoms with Crippen LogP contribution in [0.5, 0.6) is 5.75 Å². The fourth-order valence-electron chi connectivity index (χ4n) is 1.94. The second-order valence-corrected chi connectivity index (χ2v) is 8.26. The molecule has 0 bridgehead atoms. The number of hydrogen-bond acceptors (Lipinski definition) is 7. The van der Waals surface area contributed by atoms with Gasteiger partial charge in [0, 0.05) is 23.1 Å². The van der Waals surface area contributed by atoms with Crippen LogP contribution in [0.1, 0.15) is 18.9 Å². The van der Waals surface area contributed by atoms with Crippen molar-refractivity contribution in [2.24, 2.45) is 5.10 Å². The highest BCUT2D eigenvalue weighted by Crippen LogP contribution is 2.45. The quantitative estimate of drug-likeness (QED) is 0.484. The highest BCUT2D eigenvalue weighted by atomic mass is 32.2. The Labute approximate surface area is 135 Å². The summed E-state index contributed by atoms with van der Waals surface area (Å²) in [5, 5.41) is 23.9. The van der Waals surface area contributed by atoms with Crippen LogP contribution in [0.4, 0.5) is 5.69 Å². The molecule has 1 aliphatic heterocycles. The Morgan fingerprint density at radius 3 is 2.86 bits per heavy atom. The first-order valence-corrected chi connectivity index (χ1v) is 8.44. The fraction of sp³-hybridized carbons (Fsp3) is 0.385. The Bertz CT molecular complexity index is 615. The number of nitro benzene ring substituents is 1. The number of thioether (sulfide) groups is 2. The Balaban J connectivity index is 1.93. The molecule has 0 atom stereocenters. The van der Waals surface area contributed by atoms with Gasteiger partial charge in [-0.3, -0.25) is 14.9 Å². The van der Waals surface area contributed by atoms with E-state index < -0.39 is 16.4 Å². The second kappa shape index (κ2) is 7.01. The van der Waals surface area contributed by atoms with E-state index in [0.717, 1.165) is 11.5 Å². The molecule has 1 saturated heterocycles. The SMILES string of the molecule is CC1(CC(=O)N/N=C\c2ccc(O)c([N+](=O)[O-])c2)SCCS1. The highest BCUT2D eigenvalue weighted by molar-refractivity contribution is 8.21. The van der Waals surface area contributed by atoms with Crippen LogP contribution in [0.15, 0.2) is 23.3 Å². The predicted molar refractivity (Wildman–Crippen MR) is 88.4 cm³/mol. The number of carbonyl (C=O) groups excluding carboxylic acids is 1. The third kappa shape index (κ3) is 4.38. The van der Waals surface area contributed by atoms with E-state index in [2.05, 4.69) is 10.5 Å². The summed E-state index contributed by atoms with van der Waals surface area (Å²) in [5.41, 5.74) is 2.43. The normalized spacial score (nSPS) is 16.8. The van der Waals surface area contributed by atoms with E-state index in [-0.39, 0.29) is 9.99 Å². The molecule has 1 aliphatic rings. The number of phenolic OH excluding ortho intramolecular Hbond substituents is 1. The molecule has 1 amide bonds. The molecule has 1 heterocycles. The van der Waals surface area contributed by atoms with Crippen molar-refractivity contribution >= 4 is 41.3 Å². The molecule has 0 radical (unpaired) electrons. The minimum absolute atomic E-state index is 0.114. The Hall–Kier alpha value is -1.74. The van der Waals surface area contributed by atoms with Crippen LogP contribution in [0.3, 0.4) is 0 Å². The van der Waals surface area contributed by atoms with Crippen LogP contribution in [0.2, 0.25) is 0 Å². The summed E-state index contributed by atoms with van der Waals surface area (Å²) in [6, 6.07) is 3.88. The number of hydrogen-bond donors (Lipinski definition) is 2. The summed E-state index contributed by atoms with van der Waals surface area (Å²) in [6.07, 6.45) is 1.66. The molecule has 0 spiro atoms. The lowest BCUT2D eigenvalue weighted by Gasteiger charge is -2.19. The summed E-state index contributed by atoms with van der Waals surface area (Å²) < 4.78 is -0.114. The molecular weight excluding hydrogens is 326 g/mol. The van der Waals surface area contributed by atoms with Crippen molar-refractivity contribution < 1.29 is 14.8 Å². The van der Waals surface area contributed by atoms with Gasteiger partial charge in [-0.15, -0.1) is 23.5 Å². The number of nitro groups is 1. The molecule has 118 valence electrons. The Morgan fingerprint density at radius 2 is 2.23 bits per heavy atom. The Kier molecular flexibility index (Phi) is 5.30. The molecule has 1 aromatic rings. The monoisotopic (exact) mass is 341 g/mol. The van der Waals surface area contributed by atoms with Crippen molar-refractivity contribution in [1.29, 1.82) is 0 Å². The maximum Gasteiger partial charge on any atom is 0.311 e. The molecule has 2 rings (SSSR count). The molecule has 2 N–H and O–H groups in total. The van der Waals surface area contributed by atoms with Gasteiger partial charge in [-0.2, -0.15) is 5.10 Å². The summed E-state index contributed by atoms with van der Waals surface area (Å²) in [7, 11) is 0. The average Bonchev–Trinajstić information content (AvgIpc) is 2.86. The molecule has 22 heavy (non-hydrogen) atoms. The number of carbonyl (C=O) groups is 1. The summed E-state index contributed by atoms with van der Waals surface area (Å²) in [5.74, 6) is 1.47. The summed E-state index contributed by atoms with van der Waals surface area (Å²) >= 11 is 3.51. The largest absolute Gasteiger partial charge is 0.502 e. The van der Waals surface area contributed by atoms with Crippen LogP contribution in [-0.4, -0.2) is 37.7 Å². The number of nitrogens with one attached hydrogen (secondary N) is 1. The van der Waals surface area contributed by atoms with Gasteiger partial charge in [-0.1, -0.05) is 0 Å². The third-order valence-electron chi connectivity index (χ3n) is 2.98. The van der Waals surface area contributed by atoms with Crippen molar-refractivity contribution in [1.82, 2.24) is 5.43 Å². The van der Waals surface area contributed by atoms with Crippen molar-refractivity contribution in [2.75, 3.05) is 11.5 Å². The van der Waals surface area contributed by atoms with Crippen LogP contribution < -0.4 is 5.43 Å². The van der Waals surface area contributed by atoms with Gasteiger partial charge in [-0.25, -0.2) is 5.43 Å². The topological polar surface area (TPSA) is 105 Å². The first-order valence-electron chi connectivity index (χ1n) is 6.47. The van der Waals surface area contributed by atoms with Crippen LogP contribution >= 0.6 is 23.5 Å². The Morgan fingerprint density at radius 1 is 1.55 bits per heavy atom. The third-order valence-corrected chi connectivity index (χ3v) is 6.27. The van der Waals surface area contributed by atoms with Gasteiger partial charge in [0.25, 0.3) is 0 Å². The number of rotatable bonds is 5. The van der Waals surface area contributed by atoms with E-state index >= 15 is 0 Å². The number of hydrazone groups is 1. The zero-order chi connectivity index (χ0) is 16.2. The van der Waals surface area contributed by atoms with Crippen LogP contribution in [0.25, 0.3) is 0 Å². The van der Waals surface area contributed by atoms with Gasteiger partial charge in [0.1, 0.15) is 0 Å². The number of nitrogens with zero attached hydrogens (tertiary/aromatic N) is 2. The number of phenols is 1. The van der Waals surface area contributed by atoms with Gasteiger partial charge < -0.3 is 5.11 Å². The smallest absolute Gasteiger partial charge is 0.311 e. The van der Waals surface area contributed by atoms with Gasteiger partial charge in [-0.05, 0) is 19.1 Å². The van der Waals surface area contributed by atoms with E-state index in [4.69, 9.17) is 0 Å². The molecule has 1 fully saturated rings. The lowest BCUT2D eigenvalue weighted by Crippen LogP contribution is -2.26. The zero-order valence-corrected chi connectivity index (χ0v) is 13.4. The molecule has 7 nitrogen and oxygen atoms in total. The molecular formula is C13H15N3O4S2. The minimum atomic E-state index is -0.680. The van der Waals surface area contributed by atoms with E-state index in [0.29, 0.717) is 12.0 Å². The summed E-state index contributed by atoms with van der Waals surface area (Å²) in [6.45, 7) is 2.03. The lowest BCUT2D eigenvalue weighted by atomic mass is 10.2. The van der Waals surface area contributed by atoms with E-state index in [1.807, 2.05) is 6.92 Å². The average molecular weight is 341 g/mol. The standard InChI is InChI=1S/C13H15N3O4S2/c1-13(21-4-5-22-13)7-12(18)15-14-8-9-2-3-11(17)10(6-9)16(19)20/h2-3,6,8,17H,4-5,7H2,1H3,(H,15,18)/b14-8-. The van der Waals surface area contributed by atoms with Gasteiger partial charge in [0.2, 0.25) is 5.91 Å². The van der Waals surface area contributed by atoms with Crippen LogP contribution in [0, 0.1) is 10.1 Å². The molecule has 9 heteroatoms. The van der Waals surface area contributed by atoms with Gasteiger partial charge >= 0.3 is 5.69 Å². The van der Waals surface area contributed by atoms with Crippen molar-refractivity contribution in [2.45, 2.75) is 17.4 Å². The molecule has 0 saturated carbocycles. The second-order valence-electron chi connectivity index (χ2n) is 4.81. The van der Waals surface area contributed by atoms with E-state index in [9.17, 15) is 20.0 Å². The number of benzene rings is 1. The zero-order valence-electron chi connectivity index (χ0n) is 11.8. The van der Waals surface area contributed by atoms with Crippen molar-refractivity contribution in [3.8, 4) is 5.75 Å². The van der Waals surface area contributed by atoms with E-state index in [1.54, 1.807) is 23.5 Å². The highest BCUT2D eigenvalue weighted by Gasteiger charge is 2.32. The fourth-order valence-corrected chi connectivity index (χ4v) is 4.77. The maximum atomic E-state index is 11.8. The molecule has 0 aliphatic carbocycles. The maximum absolute atomic E-state index is 11.8. The molecule has 0 aromatic heterocycles. The van der Waals surface area contributed by atoms with Gasteiger partial charge in [0.15, 0.2) is 5.75 Å². The lowest BCUT2D eigenvalue weighted by molar-refractivity contribution is -0.385. The number of aromatic hydroxyl groups is 1. The van der Waals surface area contributed by atoms with Crippen LogP contribution in [-0.2, 0) is 4.79 Å². The van der Waals surface area contributed by atoms with Gasteiger partial charge in [0.05, 0.1) is 21.6 Å². The molecule has 1 aromatic carbocycles. The van der Waals surface area contributed by atoms with E-state index in [1.165, 1.54) is 24.4 Å². The summed E-state index contributed by atoms with van der Waals surface area (Å²) in [4.78, 5) is 21.9. The molecule has 0 unspecified atom stereocenters. The van der Waals surface area contributed by atoms with Crippen molar-refractivity contribution in [3.63, 3.8) is 0 Å². The first-order chi connectivity index (χ1) is 10.4. The minimum Gasteiger partial charge on any atom is -0.502 e. The van der Waals surface area contributed by atoms with Crippen molar-refractivity contribution in [3.05, 3.63) is 33.9 Å². The predicted octanol–water partition coefficient (Wildman–Crippen LogP) is 2.34.